The number of hydrogen-bond acceptors (Lipinski definition) is 3. The summed E-state index contributed by atoms with van der Waals surface area (Å²) >= 11 is 0. The molecule has 2 aliphatic rings. The number of benzene rings is 1. The molecule has 2 N–H and O–H groups in total. The van der Waals surface area contributed by atoms with Gasteiger partial charge >= 0.3 is 0 Å². The van der Waals surface area contributed by atoms with Crippen LogP contribution in [0.2, 0.25) is 0 Å². The highest BCUT2D eigenvalue weighted by molar-refractivity contribution is 5.98. The first-order valence-corrected chi connectivity index (χ1v) is 9.44. The maximum atomic E-state index is 12.9. The lowest BCUT2D eigenvalue weighted by Gasteiger charge is -2.30. The first kappa shape index (κ1) is 16.6. The minimum atomic E-state index is 0.0797. The number of likely N-dealkylation sites (tertiary alicyclic amines) is 2. The molecule has 2 atom stereocenters. The number of hydrogen-bond donors (Lipinski definition) is 2. The normalized spacial score (nSPS) is 24.9. The Labute approximate surface area is 148 Å². The van der Waals surface area contributed by atoms with E-state index in [-0.39, 0.29) is 18.4 Å². The van der Waals surface area contributed by atoms with Gasteiger partial charge in [0.25, 0.3) is 5.91 Å². The second-order valence-corrected chi connectivity index (χ2v) is 7.55. The van der Waals surface area contributed by atoms with Crippen molar-refractivity contribution in [3.63, 3.8) is 0 Å². The summed E-state index contributed by atoms with van der Waals surface area (Å²) in [5.41, 5.74) is 1.72. The van der Waals surface area contributed by atoms with Gasteiger partial charge in [0.05, 0.1) is 0 Å². The molecule has 1 aromatic carbocycles. The van der Waals surface area contributed by atoms with E-state index in [1.54, 1.807) is 0 Å². The Morgan fingerprint density at radius 3 is 2.72 bits per heavy atom. The second-order valence-electron chi connectivity index (χ2n) is 7.55. The number of carbonyl (C=O) groups excluding carboxylic acids is 1. The minimum absolute atomic E-state index is 0.0797. The topological polar surface area (TPSA) is 59.6 Å². The van der Waals surface area contributed by atoms with Gasteiger partial charge in [0, 0.05) is 49.4 Å². The molecule has 134 valence electrons. The van der Waals surface area contributed by atoms with Gasteiger partial charge in [-0.15, -0.1) is 0 Å². The van der Waals surface area contributed by atoms with Crippen molar-refractivity contribution >= 4 is 16.8 Å². The van der Waals surface area contributed by atoms with Gasteiger partial charge in [-0.3, -0.25) is 4.79 Å². The van der Waals surface area contributed by atoms with Crippen LogP contribution in [-0.4, -0.2) is 65.1 Å². The number of nitrogens with one attached hydrogen (secondary N) is 1. The number of nitrogens with zero attached hydrogens (tertiary/aromatic N) is 2. The number of carbonyl (C=O) groups is 1. The molecule has 4 rings (SSSR count). The van der Waals surface area contributed by atoms with E-state index >= 15 is 0 Å². The number of aromatic amines is 1. The summed E-state index contributed by atoms with van der Waals surface area (Å²) in [4.78, 5) is 20.5. The zero-order valence-corrected chi connectivity index (χ0v) is 14.7. The summed E-state index contributed by atoms with van der Waals surface area (Å²) in [7, 11) is 0. The van der Waals surface area contributed by atoms with Crippen LogP contribution in [-0.2, 0) is 0 Å². The third-order valence-electron chi connectivity index (χ3n) is 5.84. The highest BCUT2D eigenvalue weighted by atomic mass is 16.3. The van der Waals surface area contributed by atoms with Crippen molar-refractivity contribution in [1.29, 1.82) is 0 Å². The van der Waals surface area contributed by atoms with E-state index in [9.17, 15) is 9.90 Å². The van der Waals surface area contributed by atoms with E-state index < -0.39 is 0 Å². The minimum Gasteiger partial charge on any atom is -0.396 e. The van der Waals surface area contributed by atoms with Crippen LogP contribution in [0.1, 0.15) is 29.6 Å². The number of aliphatic hydroxyl groups is 1. The monoisotopic (exact) mass is 341 g/mol. The van der Waals surface area contributed by atoms with E-state index in [0.29, 0.717) is 12.5 Å². The number of aliphatic hydroxyl groups excluding tert-OH is 1. The fourth-order valence-corrected chi connectivity index (χ4v) is 4.36. The lowest BCUT2D eigenvalue weighted by Crippen LogP contribution is -2.37. The number of piperidine rings is 1. The van der Waals surface area contributed by atoms with Crippen molar-refractivity contribution in [2.24, 2.45) is 11.8 Å². The van der Waals surface area contributed by atoms with Gasteiger partial charge in [-0.1, -0.05) is 12.5 Å². The van der Waals surface area contributed by atoms with Crippen LogP contribution < -0.4 is 0 Å². The molecule has 0 bridgehead atoms. The number of rotatable bonds is 4. The van der Waals surface area contributed by atoms with Crippen molar-refractivity contribution in [2.75, 3.05) is 39.3 Å². The molecule has 1 aromatic heterocycles. The highest BCUT2D eigenvalue weighted by Crippen LogP contribution is 2.27. The van der Waals surface area contributed by atoms with Gasteiger partial charge in [-0.25, -0.2) is 0 Å². The number of fused-ring (bicyclic) bond motifs is 1. The molecule has 2 saturated heterocycles. The Morgan fingerprint density at radius 1 is 1.12 bits per heavy atom. The van der Waals surface area contributed by atoms with E-state index in [2.05, 4.69) is 9.88 Å². The smallest absolute Gasteiger partial charge is 0.253 e. The maximum absolute atomic E-state index is 12.9. The summed E-state index contributed by atoms with van der Waals surface area (Å²) in [6.07, 6.45) is 5.77. The molecule has 25 heavy (non-hydrogen) atoms. The molecular formula is C20H27N3O2. The summed E-state index contributed by atoms with van der Waals surface area (Å²) in [6, 6.07) is 7.84. The Kier molecular flexibility index (Phi) is 4.77. The third kappa shape index (κ3) is 3.44. The average Bonchev–Trinajstić information content (AvgIpc) is 3.28. The van der Waals surface area contributed by atoms with Crippen LogP contribution in [0.5, 0.6) is 0 Å². The predicted molar refractivity (Wildman–Crippen MR) is 98.6 cm³/mol. The van der Waals surface area contributed by atoms with E-state index in [1.165, 1.54) is 19.3 Å². The SMILES string of the molecule is O=C(c1ccc2cc[nH]c2c1)N1C[C@@H](CO)[C@@H](CN2CCCCC2)C1. The van der Waals surface area contributed by atoms with Crippen LogP contribution in [0, 0.1) is 11.8 Å². The quantitative estimate of drug-likeness (QED) is 0.897. The lowest BCUT2D eigenvalue weighted by atomic mass is 9.95. The Bertz CT molecular complexity index is 735. The van der Waals surface area contributed by atoms with Crippen LogP contribution in [0.15, 0.2) is 30.5 Å². The predicted octanol–water partition coefficient (Wildman–Crippen LogP) is 2.33. The Hall–Kier alpha value is -1.85. The van der Waals surface area contributed by atoms with Gasteiger partial charge in [0.2, 0.25) is 0 Å². The van der Waals surface area contributed by atoms with Gasteiger partial charge in [-0.2, -0.15) is 0 Å². The fourth-order valence-electron chi connectivity index (χ4n) is 4.36. The summed E-state index contributed by atoms with van der Waals surface area (Å²) < 4.78 is 0. The standard InChI is InChI=1S/C20H27N3O2/c24-14-18-13-23(12-17(18)11-22-8-2-1-3-9-22)20(25)16-5-4-15-6-7-21-19(15)10-16/h4-7,10,17-18,21,24H,1-3,8-9,11-14H2/t17-,18-/m0/s1. The fraction of sp³-hybridized carbons (Fsp3) is 0.550. The molecular weight excluding hydrogens is 314 g/mol. The Balaban J connectivity index is 1.45. The van der Waals surface area contributed by atoms with Crippen molar-refractivity contribution < 1.29 is 9.90 Å². The molecule has 5 heteroatoms. The van der Waals surface area contributed by atoms with E-state index in [0.717, 1.165) is 42.6 Å². The van der Waals surface area contributed by atoms with Crippen LogP contribution in [0.4, 0.5) is 0 Å². The lowest BCUT2D eigenvalue weighted by molar-refractivity contribution is 0.0778. The zero-order chi connectivity index (χ0) is 17.2. The van der Waals surface area contributed by atoms with Crippen molar-refractivity contribution in [3.8, 4) is 0 Å². The first-order valence-electron chi connectivity index (χ1n) is 9.44. The largest absolute Gasteiger partial charge is 0.396 e. The molecule has 5 nitrogen and oxygen atoms in total. The van der Waals surface area contributed by atoms with Crippen molar-refractivity contribution in [2.45, 2.75) is 19.3 Å². The molecule has 2 aromatic rings. The average molecular weight is 341 g/mol. The second kappa shape index (κ2) is 7.18. The summed E-state index contributed by atoms with van der Waals surface area (Å²) in [5, 5.41) is 10.9. The molecule has 2 aliphatic heterocycles. The molecule has 1 amide bonds. The zero-order valence-electron chi connectivity index (χ0n) is 14.7. The van der Waals surface area contributed by atoms with Crippen molar-refractivity contribution in [3.05, 3.63) is 36.0 Å². The van der Waals surface area contributed by atoms with Crippen molar-refractivity contribution in [1.82, 2.24) is 14.8 Å². The van der Waals surface area contributed by atoms with Crippen LogP contribution in [0.25, 0.3) is 10.9 Å². The highest BCUT2D eigenvalue weighted by Gasteiger charge is 2.36. The summed E-state index contributed by atoms with van der Waals surface area (Å²) in [6.45, 7) is 4.90. The molecule has 0 saturated carbocycles. The van der Waals surface area contributed by atoms with Gasteiger partial charge in [0.15, 0.2) is 0 Å². The van der Waals surface area contributed by atoms with Gasteiger partial charge in [0.1, 0.15) is 0 Å². The summed E-state index contributed by atoms with van der Waals surface area (Å²) in [5.74, 6) is 0.650. The number of amides is 1. The molecule has 0 unspecified atom stereocenters. The van der Waals surface area contributed by atoms with Crippen LogP contribution >= 0.6 is 0 Å². The maximum Gasteiger partial charge on any atom is 0.253 e. The third-order valence-corrected chi connectivity index (χ3v) is 5.84. The molecule has 0 radical (unpaired) electrons. The molecule has 0 spiro atoms. The number of aromatic nitrogens is 1. The number of H-pyrrole nitrogens is 1. The van der Waals surface area contributed by atoms with Gasteiger partial charge < -0.3 is 19.9 Å². The van der Waals surface area contributed by atoms with Crippen LogP contribution in [0.3, 0.4) is 0 Å². The first-order chi connectivity index (χ1) is 12.2. The van der Waals surface area contributed by atoms with E-state index in [1.807, 2.05) is 35.4 Å². The van der Waals surface area contributed by atoms with Gasteiger partial charge in [-0.05, 0) is 55.4 Å². The van der Waals surface area contributed by atoms with E-state index in [4.69, 9.17) is 0 Å². The molecule has 3 heterocycles. The molecule has 2 fully saturated rings. The Morgan fingerprint density at radius 2 is 1.92 bits per heavy atom. The molecule has 0 aliphatic carbocycles.